The fourth-order valence-corrected chi connectivity index (χ4v) is 2.04. The first kappa shape index (κ1) is 11.3. The lowest BCUT2D eigenvalue weighted by Gasteiger charge is -2.09. The molecule has 0 saturated carbocycles. The first-order valence-electron chi connectivity index (χ1n) is 5.72. The highest BCUT2D eigenvalue weighted by Gasteiger charge is 2.18. The van der Waals surface area contributed by atoms with Crippen molar-refractivity contribution >= 4 is 5.78 Å². The standard InChI is InChI=1S/C13H17NO2/c14-6-4-13(15)11-3-1-2-10(8-11)12-5-7-16-9-12/h1-3,8,12H,4-7,9,14H2. The Hall–Kier alpha value is -1.19. The zero-order valence-electron chi connectivity index (χ0n) is 9.32. The van der Waals surface area contributed by atoms with Crippen LogP contribution in [0.5, 0.6) is 0 Å². The highest BCUT2D eigenvalue weighted by atomic mass is 16.5. The molecule has 1 atom stereocenters. The molecule has 1 fully saturated rings. The summed E-state index contributed by atoms with van der Waals surface area (Å²) in [6.45, 7) is 2.01. The van der Waals surface area contributed by atoms with Crippen molar-refractivity contribution in [2.24, 2.45) is 5.73 Å². The van der Waals surface area contributed by atoms with Crippen LogP contribution in [0.3, 0.4) is 0 Å². The Morgan fingerprint density at radius 1 is 1.50 bits per heavy atom. The van der Waals surface area contributed by atoms with Crippen LogP contribution in [0, 0.1) is 0 Å². The molecule has 86 valence electrons. The Bertz CT molecular complexity index is 370. The lowest BCUT2D eigenvalue weighted by atomic mass is 9.95. The Kier molecular flexibility index (Phi) is 3.70. The number of ketones is 1. The van der Waals surface area contributed by atoms with Crippen molar-refractivity contribution < 1.29 is 9.53 Å². The van der Waals surface area contributed by atoms with Gasteiger partial charge in [0.25, 0.3) is 0 Å². The van der Waals surface area contributed by atoms with E-state index in [2.05, 4.69) is 6.07 Å². The maximum absolute atomic E-state index is 11.7. The van der Waals surface area contributed by atoms with Gasteiger partial charge in [0.1, 0.15) is 0 Å². The number of nitrogens with two attached hydrogens (primary N) is 1. The van der Waals surface area contributed by atoms with E-state index in [0.717, 1.165) is 25.2 Å². The molecule has 0 radical (unpaired) electrons. The highest BCUT2D eigenvalue weighted by molar-refractivity contribution is 5.96. The molecule has 0 aliphatic carbocycles. The molecule has 0 spiro atoms. The van der Waals surface area contributed by atoms with Gasteiger partial charge in [-0.25, -0.2) is 0 Å². The molecule has 3 heteroatoms. The number of rotatable bonds is 4. The molecule has 1 heterocycles. The normalized spacial score (nSPS) is 19.9. The maximum atomic E-state index is 11.7. The molecule has 16 heavy (non-hydrogen) atoms. The number of ether oxygens (including phenoxy) is 1. The van der Waals surface area contributed by atoms with Crippen LogP contribution in [0.2, 0.25) is 0 Å². The van der Waals surface area contributed by atoms with E-state index < -0.39 is 0 Å². The van der Waals surface area contributed by atoms with Crippen LogP contribution in [0.1, 0.15) is 34.7 Å². The Balaban J connectivity index is 2.15. The van der Waals surface area contributed by atoms with Gasteiger partial charge in [-0.3, -0.25) is 4.79 Å². The van der Waals surface area contributed by atoms with Gasteiger partial charge in [-0.1, -0.05) is 18.2 Å². The first-order valence-corrected chi connectivity index (χ1v) is 5.72. The van der Waals surface area contributed by atoms with Crippen molar-refractivity contribution in [3.8, 4) is 0 Å². The van der Waals surface area contributed by atoms with Crippen molar-refractivity contribution in [3.63, 3.8) is 0 Å². The SMILES string of the molecule is NCCC(=O)c1cccc(C2CCOC2)c1. The summed E-state index contributed by atoms with van der Waals surface area (Å²) in [5.74, 6) is 0.578. The highest BCUT2D eigenvalue weighted by Crippen LogP contribution is 2.25. The molecule has 1 aliphatic heterocycles. The predicted molar refractivity (Wildman–Crippen MR) is 62.6 cm³/mol. The lowest BCUT2D eigenvalue weighted by Crippen LogP contribution is -2.09. The van der Waals surface area contributed by atoms with Gasteiger partial charge in [-0.05, 0) is 24.6 Å². The molecule has 0 amide bonds. The topological polar surface area (TPSA) is 52.3 Å². The number of hydrogen-bond acceptors (Lipinski definition) is 3. The average Bonchev–Trinajstić information content (AvgIpc) is 2.83. The second-order valence-electron chi connectivity index (χ2n) is 4.15. The van der Waals surface area contributed by atoms with Gasteiger partial charge in [0.2, 0.25) is 0 Å². The Morgan fingerprint density at radius 3 is 3.06 bits per heavy atom. The van der Waals surface area contributed by atoms with Crippen molar-refractivity contribution in [1.82, 2.24) is 0 Å². The van der Waals surface area contributed by atoms with Crippen molar-refractivity contribution in [2.75, 3.05) is 19.8 Å². The summed E-state index contributed by atoms with van der Waals surface area (Å²) >= 11 is 0. The maximum Gasteiger partial charge on any atom is 0.164 e. The van der Waals surface area contributed by atoms with Crippen LogP contribution >= 0.6 is 0 Å². The van der Waals surface area contributed by atoms with Gasteiger partial charge >= 0.3 is 0 Å². The summed E-state index contributed by atoms with van der Waals surface area (Å²) in [5.41, 5.74) is 7.37. The average molecular weight is 219 g/mol. The van der Waals surface area contributed by atoms with Crippen LogP contribution < -0.4 is 5.73 Å². The summed E-state index contributed by atoms with van der Waals surface area (Å²) in [6, 6.07) is 7.85. The third-order valence-electron chi connectivity index (χ3n) is 2.98. The summed E-state index contributed by atoms with van der Waals surface area (Å²) in [6.07, 6.45) is 1.47. The quantitative estimate of drug-likeness (QED) is 0.784. The second kappa shape index (κ2) is 5.23. The molecular weight excluding hydrogens is 202 g/mol. The third kappa shape index (κ3) is 2.49. The third-order valence-corrected chi connectivity index (χ3v) is 2.98. The van der Waals surface area contributed by atoms with Gasteiger partial charge in [0.15, 0.2) is 5.78 Å². The van der Waals surface area contributed by atoms with E-state index >= 15 is 0 Å². The van der Waals surface area contributed by atoms with Crippen molar-refractivity contribution in [2.45, 2.75) is 18.8 Å². The summed E-state index contributed by atoms with van der Waals surface area (Å²) in [5, 5.41) is 0. The van der Waals surface area contributed by atoms with Gasteiger partial charge in [0.05, 0.1) is 6.61 Å². The minimum Gasteiger partial charge on any atom is -0.381 e. The molecule has 0 bridgehead atoms. The van der Waals surface area contributed by atoms with Gasteiger partial charge in [-0.15, -0.1) is 0 Å². The molecule has 3 nitrogen and oxygen atoms in total. The fraction of sp³-hybridized carbons (Fsp3) is 0.462. The van der Waals surface area contributed by atoms with E-state index in [-0.39, 0.29) is 5.78 Å². The minimum absolute atomic E-state index is 0.128. The van der Waals surface area contributed by atoms with E-state index in [9.17, 15) is 4.79 Å². The second-order valence-corrected chi connectivity index (χ2v) is 4.15. The Morgan fingerprint density at radius 2 is 2.38 bits per heavy atom. The first-order chi connectivity index (χ1) is 7.81. The van der Waals surface area contributed by atoms with Crippen LogP contribution in [0.25, 0.3) is 0 Å². The van der Waals surface area contributed by atoms with Crippen LogP contribution in [-0.2, 0) is 4.74 Å². The molecule has 2 rings (SSSR count). The number of carbonyl (C=O) groups excluding carboxylic acids is 1. The summed E-state index contributed by atoms with van der Waals surface area (Å²) < 4.78 is 5.35. The molecule has 1 aromatic rings. The smallest absolute Gasteiger partial charge is 0.164 e. The van der Waals surface area contributed by atoms with Crippen molar-refractivity contribution in [1.29, 1.82) is 0 Å². The van der Waals surface area contributed by atoms with E-state index in [1.807, 2.05) is 18.2 Å². The fourth-order valence-electron chi connectivity index (χ4n) is 2.04. The largest absolute Gasteiger partial charge is 0.381 e. The molecule has 1 aliphatic rings. The van der Waals surface area contributed by atoms with Gasteiger partial charge in [0, 0.05) is 24.5 Å². The van der Waals surface area contributed by atoms with Crippen molar-refractivity contribution in [3.05, 3.63) is 35.4 Å². The molecule has 1 aromatic carbocycles. The van der Waals surface area contributed by atoms with Crippen LogP contribution in [0.15, 0.2) is 24.3 Å². The number of Topliss-reactive ketones (excluding diaryl/α,β-unsaturated/α-hetero) is 1. The number of benzene rings is 1. The van der Waals surface area contributed by atoms with Crippen LogP contribution in [-0.4, -0.2) is 25.5 Å². The minimum atomic E-state index is 0.128. The predicted octanol–water partition coefficient (Wildman–Crippen LogP) is 1.72. The van der Waals surface area contributed by atoms with Gasteiger partial charge in [-0.2, -0.15) is 0 Å². The van der Waals surface area contributed by atoms with E-state index in [1.54, 1.807) is 0 Å². The monoisotopic (exact) mass is 219 g/mol. The van der Waals surface area contributed by atoms with Gasteiger partial charge < -0.3 is 10.5 Å². The van der Waals surface area contributed by atoms with E-state index in [0.29, 0.717) is 18.9 Å². The van der Waals surface area contributed by atoms with E-state index in [4.69, 9.17) is 10.5 Å². The zero-order chi connectivity index (χ0) is 11.4. The lowest BCUT2D eigenvalue weighted by molar-refractivity contribution is 0.0985. The molecule has 0 aromatic heterocycles. The molecule has 1 saturated heterocycles. The zero-order valence-corrected chi connectivity index (χ0v) is 9.32. The summed E-state index contributed by atoms with van der Waals surface area (Å²) in [7, 11) is 0. The molecule has 1 unspecified atom stereocenters. The van der Waals surface area contributed by atoms with E-state index in [1.165, 1.54) is 5.56 Å². The Labute approximate surface area is 95.6 Å². The number of carbonyl (C=O) groups is 1. The molecular formula is C13H17NO2. The van der Waals surface area contributed by atoms with Crippen LogP contribution in [0.4, 0.5) is 0 Å². The number of hydrogen-bond donors (Lipinski definition) is 1. The summed E-state index contributed by atoms with van der Waals surface area (Å²) in [4.78, 5) is 11.7. The molecule has 2 N–H and O–H groups in total.